The number of hydrogen-bond acceptors (Lipinski definition) is 4. The molecule has 5 nitrogen and oxygen atoms in total. The van der Waals surface area contributed by atoms with Crippen molar-refractivity contribution in [3.05, 3.63) is 29.3 Å². The predicted molar refractivity (Wildman–Crippen MR) is 124 cm³/mol. The molecule has 1 unspecified atom stereocenters. The molecule has 1 aromatic rings. The third-order valence-electron chi connectivity index (χ3n) is 8.13. The van der Waals surface area contributed by atoms with Crippen LogP contribution in [0, 0.1) is 11.8 Å². The summed E-state index contributed by atoms with van der Waals surface area (Å²) >= 11 is 0. The largest absolute Gasteiger partial charge is 0.508 e. The van der Waals surface area contributed by atoms with Crippen molar-refractivity contribution in [1.29, 1.82) is 0 Å². The van der Waals surface area contributed by atoms with Gasteiger partial charge in [0.05, 0.1) is 12.0 Å². The van der Waals surface area contributed by atoms with Gasteiger partial charge in [-0.3, -0.25) is 4.79 Å². The fourth-order valence-corrected chi connectivity index (χ4v) is 6.26. The summed E-state index contributed by atoms with van der Waals surface area (Å²) in [5.41, 5.74) is 2.31. The molecule has 1 fully saturated rings. The lowest BCUT2D eigenvalue weighted by atomic mass is 9.62. The Labute approximate surface area is 187 Å². The Hall–Kier alpha value is -1.59. The van der Waals surface area contributed by atoms with Gasteiger partial charge < -0.3 is 20.3 Å². The van der Waals surface area contributed by atoms with Gasteiger partial charge in [-0.1, -0.05) is 52.0 Å². The maximum absolute atomic E-state index is 11.9. The van der Waals surface area contributed by atoms with Crippen LogP contribution in [0.15, 0.2) is 18.2 Å². The van der Waals surface area contributed by atoms with E-state index >= 15 is 0 Å². The van der Waals surface area contributed by atoms with Crippen molar-refractivity contribution in [3.63, 3.8) is 0 Å². The fourth-order valence-electron chi connectivity index (χ4n) is 6.26. The van der Waals surface area contributed by atoms with Gasteiger partial charge in [0.2, 0.25) is 0 Å². The number of hydrogen-bond donors (Lipinski definition) is 3. The number of phenols is 1. The van der Waals surface area contributed by atoms with Crippen LogP contribution < -0.4 is 5.32 Å². The number of ether oxygens (including phenoxy) is 1. The van der Waals surface area contributed by atoms with Gasteiger partial charge in [-0.25, -0.2) is 0 Å². The number of rotatable bonds is 10. The number of carboxylic acid groups (broad SMARTS) is 1. The van der Waals surface area contributed by atoms with Crippen LogP contribution in [0.4, 0.5) is 0 Å². The van der Waals surface area contributed by atoms with Crippen molar-refractivity contribution in [3.8, 4) is 5.75 Å². The lowest BCUT2D eigenvalue weighted by Crippen LogP contribution is -2.59. The zero-order valence-electron chi connectivity index (χ0n) is 19.5. The summed E-state index contributed by atoms with van der Waals surface area (Å²) < 4.78 is 5.93. The summed E-state index contributed by atoms with van der Waals surface area (Å²) in [5, 5.41) is 23.7. The topological polar surface area (TPSA) is 78.8 Å². The monoisotopic (exact) mass is 431 g/mol. The summed E-state index contributed by atoms with van der Waals surface area (Å²) in [6.07, 6.45) is 10.3. The molecule has 0 saturated heterocycles. The van der Waals surface area contributed by atoms with Gasteiger partial charge in [-0.05, 0) is 61.4 Å². The summed E-state index contributed by atoms with van der Waals surface area (Å²) in [4.78, 5) is 11.9. The molecule has 1 saturated carbocycles. The van der Waals surface area contributed by atoms with Gasteiger partial charge in [0.15, 0.2) is 0 Å². The highest BCUT2D eigenvalue weighted by Gasteiger charge is 2.46. The van der Waals surface area contributed by atoms with E-state index in [1.807, 2.05) is 12.1 Å². The Kier molecular flexibility index (Phi) is 8.40. The van der Waals surface area contributed by atoms with Crippen LogP contribution in [0.1, 0.15) is 82.8 Å². The second kappa shape index (κ2) is 10.8. The molecule has 3 rings (SSSR count). The summed E-state index contributed by atoms with van der Waals surface area (Å²) in [7, 11) is 1.77. The molecule has 0 spiro atoms. The number of carboxylic acids is 1. The van der Waals surface area contributed by atoms with E-state index in [1.54, 1.807) is 13.2 Å². The van der Waals surface area contributed by atoms with Gasteiger partial charge in [-0.2, -0.15) is 0 Å². The number of benzene rings is 1. The first-order valence-corrected chi connectivity index (χ1v) is 12.3. The van der Waals surface area contributed by atoms with Crippen LogP contribution in [0.5, 0.6) is 5.75 Å². The van der Waals surface area contributed by atoms with Crippen molar-refractivity contribution < 1.29 is 19.7 Å². The Morgan fingerprint density at radius 2 is 1.94 bits per heavy atom. The normalized spacial score (nSPS) is 24.5. The van der Waals surface area contributed by atoms with Crippen LogP contribution in [0.25, 0.3) is 0 Å². The van der Waals surface area contributed by atoms with Crippen molar-refractivity contribution >= 4 is 5.97 Å². The van der Waals surface area contributed by atoms with E-state index in [0.29, 0.717) is 24.6 Å². The molecule has 1 aromatic carbocycles. The Bertz CT molecular complexity index is 724. The molecule has 0 heterocycles. The molecule has 2 aliphatic rings. The summed E-state index contributed by atoms with van der Waals surface area (Å²) in [6.45, 7) is 5.07. The van der Waals surface area contributed by atoms with Crippen molar-refractivity contribution in [1.82, 2.24) is 5.32 Å². The minimum Gasteiger partial charge on any atom is -0.508 e. The van der Waals surface area contributed by atoms with E-state index in [-0.39, 0.29) is 23.5 Å². The zero-order valence-corrected chi connectivity index (χ0v) is 19.5. The predicted octanol–water partition coefficient (Wildman–Crippen LogP) is 5.04. The van der Waals surface area contributed by atoms with Crippen LogP contribution in [0.2, 0.25) is 0 Å². The van der Waals surface area contributed by atoms with Crippen LogP contribution in [0.3, 0.4) is 0 Å². The first-order valence-electron chi connectivity index (χ1n) is 12.3. The molecule has 2 aliphatic carbocycles. The minimum atomic E-state index is -0.660. The molecule has 31 heavy (non-hydrogen) atoms. The lowest BCUT2D eigenvalue weighted by molar-refractivity contribution is -0.142. The molecule has 0 bridgehead atoms. The second-order valence-electron chi connectivity index (χ2n) is 9.68. The SMILES string of the molecule is CCC1(CC)c2cc(O)ccc2C[C@@H](OC)[C@@H]1NCCC(CC1CCCCC1)C(=O)O. The Morgan fingerprint density at radius 3 is 2.55 bits per heavy atom. The summed E-state index contributed by atoms with van der Waals surface area (Å²) in [6, 6.07) is 5.80. The van der Waals surface area contributed by atoms with Crippen molar-refractivity contribution in [2.75, 3.05) is 13.7 Å². The molecule has 3 N–H and O–H groups in total. The first-order chi connectivity index (χ1) is 14.9. The van der Waals surface area contributed by atoms with Gasteiger partial charge in [0.1, 0.15) is 5.75 Å². The van der Waals surface area contributed by atoms with E-state index in [2.05, 4.69) is 19.2 Å². The zero-order chi connectivity index (χ0) is 22.4. The number of nitrogens with one attached hydrogen (secondary N) is 1. The Balaban J connectivity index is 1.73. The average Bonchev–Trinajstić information content (AvgIpc) is 2.78. The van der Waals surface area contributed by atoms with Crippen molar-refractivity contribution in [2.45, 2.75) is 95.6 Å². The Morgan fingerprint density at radius 1 is 1.23 bits per heavy atom. The molecule has 5 heteroatoms. The van der Waals surface area contributed by atoms with Crippen LogP contribution >= 0.6 is 0 Å². The highest BCUT2D eigenvalue weighted by Crippen LogP contribution is 2.44. The number of methoxy groups -OCH3 is 1. The number of carbonyl (C=O) groups is 1. The quantitative estimate of drug-likeness (QED) is 0.484. The maximum Gasteiger partial charge on any atom is 0.306 e. The average molecular weight is 432 g/mol. The molecular weight excluding hydrogens is 390 g/mol. The molecule has 0 amide bonds. The number of aliphatic carboxylic acids is 1. The van der Waals surface area contributed by atoms with E-state index in [9.17, 15) is 15.0 Å². The standard InChI is InChI=1S/C26H41NO4/c1-4-26(5-2)22-17-21(28)12-11-19(22)16-23(31-3)24(26)27-14-13-20(25(29)30)15-18-9-7-6-8-10-18/h11-12,17-18,20,23-24,27-28H,4-10,13-16H2,1-3H3,(H,29,30)/t20?,23-,24+/m1/s1. The molecule has 174 valence electrons. The van der Waals surface area contributed by atoms with E-state index in [1.165, 1.54) is 43.2 Å². The lowest BCUT2D eigenvalue weighted by Gasteiger charge is -2.49. The van der Waals surface area contributed by atoms with Gasteiger partial charge in [-0.15, -0.1) is 0 Å². The van der Waals surface area contributed by atoms with Gasteiger partial charge >= 0.3 is 5.97 Å². The number of fused-ring (bicyclic) bond motifs is 1. The van der Waals surface area contributed by atoms with Crippen molar-refractivity contribution in [2.24, 2.45) is 11.8 Å². The number of phenolic OH excluding ortho intramolecular Hbond substituents is 1. The van der Waals surface area contributed by atoms with Crippen LogP contribution in [-0.2, 0) is 21.4 Å². The highest BCUT2D eigenvalue weighted by molar-refractivity contribution is 5.69. The molecule has 0 radical (unpaired) electrons. The third-order valence-corrected chi connectivity index (χ3v) is 8.13. The number of aromatic hydroxyl groups is 1. The van der Waals surface area contributed by atoms with E-state index < -0.39 is 5.97 Å². The highest BCUT2D eigenvalue weighted by atomic mass is 16.5. The smallest absolute Gasteiger partial charge is 0.306 e. The molecule has 0 aliphatic heterocycles. The minimum absolute atomic E-state index is 0.0264. The first kappa shape index (κ1) is 24.1. The van der Waals surface area contributed by atoms with Crippen LogP contribution in [-0.4, -0.2) is 42.0 Å². The summed E-state index contributed by atoms with van der Waals surface area (Å²) in [5.74, 6) is -0.0736. The maximum atomic E-state index is 11.9. The van der Waals surface area contributed by atoms with Gasteiger partial charge in [0, 0.05) is 25.0 Å². The van der Waals surface area contributed by atoms with Gasteiger partial charge in [0.25, 0.3) is 0 Å². The van der Waals surface area contributed by atoms with E-state index in [0.717, 1.165) is 25.7 Å². The second-order valence-corrected chi connectivity index (χ2v) is 9.68. The third kappa shape index (κ3) is 5.25. The molecular formula is C26H41NO4. The fraction of sp³-hybridized carbons (Fsp3) is 0.731. The molecule has 0 aromatic heterocycles. The van der Waals surface area contributed by atoms with E-state index in [4.69, 9.17) is 4.74 Å². The molecule has 3 atom stereocenters.